The van der Waals surface area contributed by atoms with Crippen molar-refractivity contribution >= 4 is 33.2 Å². The van der Waals surface area contributed by atoms with Gasteiger partial charge in [0.05, 0.1) is 22.5 Å². The number of thiazole rings is 1. The van der Waals surface area contributed by atoms with Gasteiger partial charge >= 0.3 is 0 Å². The van der Waals surface area contributed by atoms with E-state index in [1.165, 1.54) is 4.70 Å². The molecule has 6 heteroatoms. The normalized spacial score (nSPS) is 11.2. The van der Waals surface area contributed by atoms with Crippen LogP contribution < -0.4 is 0 Å². The lowest BCUT2D eigenvalue weighted by molar-refractivity contribution is 0.647. The van der Waals surface area contributed by atoms with Gasteiger partial charge in [-0.2, -0.15) is 0 Å². The number of aryl methyl sites for hydroxylation is 1. The molecule has 0 aliphatic heterocycles. The lowest BCUT2D eigenvalue weighted by Gasteiger charge is -1.93. The molecule has 0 unspecified atom stereocenters. The molecule has 0 spiro atoms. The van der Waals surface area contributed by atoms with Crippen molar-refractivity contribution in [2.45, 2.75) is 13.0 Å². The summed E-state index contributed by atoms with van der Waals surface area (Å²) in [5.41, 5.74) is 1.96. The minimum atomic E-state index is 0.569. The number of alkyl halides is 1. The van der Waals surface area contributed by atoms with Crippen LogP contribution in [0.2, 0.25) is 0 Å². The molecule has 0 saturated heterocycles. The van der Waals surface area contributed by atoms with Gasteiger partial charge in [0.25, 0.3) is 0 Å². The fourth-order valence-corrected chi connectivity index (χ4v) is 2.91. The van der Waals surface area contributed by atoms with Crippen LogP contribution in [0.5, 0.6) is 0 Å². The van der Waals surface area contributed by atoms with Gasteiger partial charge in [0.2, 0.25) is 0 Å². The highest BCUT2D eigenvalue weighted by molar-refractivity contribution is 7.18. The van der Waals surface area contributed by atoms with Crippen LogP contribution in [0.1, 0.15) is 10.7 Å². The predicted molar refractivity (Wildman–Crippen MR) is 73.2 cm³/mol. The van der Waals surface area contributed by atoms with E-state index in [2.05, 4.69) is 21.4 Å². The Hall–Kier alpha value is -1.46. The van der Waals surface area contributed by atoms with Gasteiger partial charge in [-0.3, -0.25) is 0 Å². The molecule has 0 atom stereocenters. The van der Waals surface area contributed by atoms with Crippen LogP contribution in [-0.4, -0.2) is 25.9 Å². The maximum Gasteiger partial charge on any atom is 0.115 e. The van der Waals surface area contributed by atoms with Crippen molar-refractivity contribution in [1.29, 1.82) is 0 Å². The van der Waals surface area contributed by atoms with E-state index in [0.717, 1.165) is 22.6 Å². The Morgan fingerprint density at radius 1 is 1.28 bits per heavy atom. The third kappa shape index (κ3) is 2.37. The van der Waals surface area contributed by atoms with E-state index in [-0.39, 0.29) is 0 Å². The SMILES string of the molecule is ClCCc1cn(Cc2nc3ccccc3s2)nn1. The maximum absolute atomic E-state index is 5.67. The smallest absolute Gasteiger partial charge is 0.115 e. The minimum absolute atomic E-state index is 0.569. The van der Waals surface area contributed by atoms with Gasteiger partial charge in [-0.05, 0) is 12.1 Å². The summed E-state index contributed by atoms with van der Waals surface area (Å²) in [6, 6.07) is 8.13. The third-order valence-electron chi connectivity index (χ3n) is 2.57. The molecule has 18 heavy (non-hydrogen) atoms. The largest absolute Gasteiger partial charge is 0.245 e. The molecule has 4 nitrogen and oxygen atoms in total. The minimum Gasteiger partial charge on any atom is -0.245 e. The summed E-state index contributed by atoms with van der Waals surface area (Å²) in [6.07, 6.45) is 2.68. The standard InChI is InChI=1S/C12H11ClN4S/c13-6-5-9-7-17(16-15-9)8-12-14-10-3-1-2-4-11(10)18-12/h1-4,7H,5-6,8H2. The molecule has 0 fully saturated rings. The molecule has 0 radical (unpaired) electrons. The Morgan fingerprint density at radius 2 is 2.17 bits per heavy atom. The number of para-hydroxylation sites is 1. The summed E-state index contributed by atoms with van der Waals surface area (Å²) in [6.45, 7) is 0.661. The van der Waals surface area contributed by atoms with E-state index < -0.39 is 0 Å². The lowest BCUT2D eigenvalue weighted by atomic mass is 10.3. The van der Waals surface area contributed by atoms with Gasteiger partial charge in [0, 0.05) is 18.5 Å². The Bertz CT molecular complexity index is 628. The zero-order valence-corrected chi connectivity index (χ0v) is 11.2. The van der Waals surface area contributed by atoms with E-state index in [9.17, 15) is 0 Å². The molecule has 1 aromatic carbocycles. The number of nitrogens with zero attached hydrogens (tertiary/aromatic N) is 4. The molecule has 0 amide bonds. The first-order chi connectivity index (χ1) is 8.85. The fourth-order valence-electron chi connectivity index (χ4n) is 1.75. The summed E-state index contributed by atoms with van der Waals surface area (Å²) >= 11 is 7.36. The van der Waals surface area contributed by atoms with Gasteiger partial charge in [0.15, 0.2) is 0 Å². The lowest BCUT2D eigenvalue weighted by Crippen LogP contribution is -1.99. The zero-order valence-electron chi connectivity index (χ0n) is 9.58. The van der Waals surface area contributed by atoms with E-state index in [1.807, 2.05) is 24.4 Å². The molecule has 2 heterocycles. The molecule has 92 valence electrons. The molecule has 0 bridgehead atoms. The van der Waals surface area contributed by atoms with E-state index in [1.54, 1.807) is 16.0 Å². The quantitative estimate of drug-likeness (QED) is 0.689. The molecular formula is C12H11ClN4S. The molecule has 3 rings (SSSR count). The van der Waals surface area contributed by atoms with Crippen molar-refractivity contribution in [3.63, 3.8) is 0 Å². The molecule has 0 N–H and O–H groups in total. The fraction of sp³-hybridized carbons (Fsp3) is 0.250. The number of aromatic nitrogens is 4. The van der Waals surface area contributed by atoms with Crippen molar-refractivity contribution in [3.05, 3.63) is 41.2 Å². The second-order valence-corrected chi connectivity index (χ2v) is 5.41. The third-order valence-corrected chi connectivity index (χ3v) is 3.78. The number of hydrogen-bond acceptors (Lipinski definition) is 4. The Labute approximate surface area is 113 Å². The monoisotopic (exact) mass is 278 g/mol. The maximum atomic E-state index is 5.67. The average Bonchev–Trinajstić information content (AvgIpc) is 2.96. The van der Waals surface area contributed by atoms with Crippen molar-refractivity contribution < 1.29 is 0 Å². The highest BCUT2D eigenvalue weighted by Crippen LogP contribution is 2.21. The summed E-state index contributed by atoms with van der Waals surface area (Å²) in [4.78, 5) is 4.57. The highest BCUT2D eigenvalue weighted by atomic mass is 35.5. The van der Waals surface area contributed by atoms with Crippen LogP contribution in [0.4, 0.5) is 0 Å². The van der Waals surface area contributed by atoms with Gasteiger partial charge in [0.1, 0.15) is 5.01 Å². The average molecular weight is 279 g/mol. The van der Waals surface area contributed by atoms with Gasteiger partial charge in [-0.1, -0.05) is 17.3 Å². The highest BCUT2D eigenvalue weighted by Gasteiger charge is 2.06. The summed E-state index contributed by atoms with van der Waals surface area (Å²) < 4.78 is 3.01. The number of rotatable bonds is 4. The first-order valence-corrected chi connectivity index (χ1v) is 6.99. The van der Waals surface area contributed by atoms with Crippen LogP contribution in [0.3, 0.4) is 0 Å². The first kappa shape index (κ1) is 11.6. The predicted octanol–water partition coefficient (Wildman–Crippen LogP) is 2.72. The Morgan fingerprint density at radius 3 is 3.00 bits per heavy atom. The van der Waals surface area contributed by atoms with Gasteiger partial charge < -0.3 is 0 Å². The van der Waals surface area contributed by atoms with Crippen LogP contribution in [0.15, 0.2) is 30.5 Å². The number of halogens is 1. The van der Waals surface area contributed by atoms with Crippen LogP contribution in [0.25, 0.3) is 10.2 Å². The van der Waals surface area contributed by atoms with E-state index >= 15 is 0 Å². The van der Waals surface area contributed by atoms with Crippen molar-refractivity contribution in [3.8, 4) is 0 Å². The number of hydrogen-bond donors (Lipinski definition) is 0. The van der Waals surface area contributed by atoms with Gasteiger partial charge in [-0.15, -0.1) is 28.0 Å². The molecule has 3 aromatic rings. The molecule has 0 aliphatic carbocycles. The van der Waals surface area contributed by atoms with E-state index in [0.29, 0.717) is 12.4 Å². The number of benzene rings is 1. The van der Waals surface area contributed by atoms with E-state index in [4.69, 9.17) is 11.6 Å². The van der Waals surface area contributed by atoms with Gasteiger partial charge in [-0.25, -0.2) is 9.67 Å². The van der Waals surface area contributed by atoms with Crippen molar-refractivity contribution in [2.24, 2.45) is 0 Å². The molecule has 0 saturated carbocycles. The Balaban J connectivity index is 1.82. The van der Waals surface area contributed by atoms with Crippen molar-refractivity contribution in [2.75, 3.05) is 5.88 Å². The zero-order chi connectivity index (χ0) is 12.4. The second-order valence-electron chi connectivity index (χ2n) is 3.92. The molecular weight excluding hydrogens is 268 g/mol. The summed E-state index contributed by atoms with van der Waals surface area (Å²) in [5.74, 6) is 0.569. The first-order valence-electron chi connectivity index (χ1n) is 5.64. The second kappa shape index (κ2) is 5.04. The Kier molecular flexibility index (Phi) is 3.25. The molecule has 2 aromatic heterocycles. The van der Waals surface area contributed by atoms with Crippen LogP contribution in [0, 0.1) is 0 Å². The number of fused-ring (bicyclic) bond motifs is 1. The topological polar surface area (TPSA) is 43.6 Å². The van der Waals surface area contributed by atoms with Crippen LogP contribution >= 0.6 is 22.9 Å². The summed E-state index contributed by atoms with van der Waals surface area (Å²) in [5, 5.41) is 9.18. The van der Waals surface area contributed by atoms with Crippen molar-refractivity contribution in [1.82, 2.24) is 20.0 Å². The summed E-state index contributed by atoms with van der Waals surface area (Å²) in [7, 11) is 0. The van der Waals surface area contributed by atoms with Crippen LogP contribution in [-0.2, 0) is 13.0 Å². The molecule has 0 aliphatic rings.